The number of nitrogens with one attached hydrogen (secondary N) is 2. The van der Waals surface area contributed by atoms with Crippen LogP contribution >= 0.6 is 35.0 Å². The SMILES string of the molecule is CC(NC(=O)CSc1nc2c(Cl)cc(Cl)cc2[nH]1)c1ccco1. The fourth-order valence-corrected chi connectivity index (χ4v) is 3.34. The maximum Gasteiger partial charge on any atom is 0.231 e. The van der Waals surface area contributed by atoms with E-state index in [0.717, 1.165) is 5.52 Å². The van der Waals surface area contributed by atoms with Crippen LogP contribution in [0.1, 0.15) is 18.7 Å². The minimum Gasteiger partial charge on any atom is -0.467 e. The van der Waals surface area contributed by atoms with E-state index < -0.39 is 0 Å². The molecule has 0 saturated carbocycles. The van der Waals surface area contributed by atoms with E-state index in [1.165, 1.54) is 11.8 Å². The summed E-state index contributed by atoms with van der Waals surface area (Å²) in [6.07, 6.45) is 1.58. The first-order valence-electron chi connectivity index (χ1n) is 6.83. The van der Waals surface area contributed by atoms with E-state index in [2.05, 4.69) is 15.3 Å². The van der Waals surface area contributed by atoms with Gasteiger partial charge in [0.1, 0.15) is 11.3 Å². The van der Waals surface area contributed by atoms with Crippen LogP contribution in [0.2, 0.25) is 10.0 Å². The predicted octanol–water partition coefficient (Wildman–Crippen LogP) is 4.43. The lowest BCUT2D eigenvalue weighted by molar-refractivity contribution is -0.119. The molecular formula is C15H13Cl2N3O2S. The Morgan fingerprint density at radius 2 is 2.30 bits per heavy atom. The van der Waals surface area contributed by atoms with Crippen LogP contribution < -0.4 is 5.32 Å². The molecule has 1 amide bonds. The van der Waals surface area contributed by atoms with E-state index in [4.69, 9.17) is 27.6 Å². The van der Waals surface area contributed by atoms with E-state index >= 15 is 0 Å². The number of carbonyl (C=O) groups is 1. The average Bonchev–Trinajstić information content (AvgIpc) is 3.14. The Bertz CT molecular complexity index is 833. The molecule has 5 nitrogen and oxygen atoms in total. The molecule has 2 aromatic heterocycles. The fraction of sp³-hybridized carbons (Fsp3) is 0.200. The number of thioether (sulfide) groups is 1. The van der Waals surface area contributed by atoms with Crippen molar-refractivity contribution in [1.82, 2.24) is 15.3 Å². The standard InChI is InChI=1S/C15H13Cl2N3O2S/c1-8(12-3-2-4-22-12)18-13(21)7-23-15-19-11-6-9(16)5-10(17)14(11)20-15/h2-6,8H,7H2,1H3,(H,18,21)(H,19,20). The number of halogens is 2. The Balaban J connectivity index is 1.62. The van der Waals surface area contributed by atoms with Gasteiger partial charge in [-0.05, 0) is 31.2 Å². The first-order chi connectivity index (χ1) is 11.0. The Hall–Kier alpha value is -1.63. The maximum atomic E-state index is 12.0. The molecule has 0 saturated heterocycles. The molecule has 2 heterocycles. The molecule has 3 aromatic rings. The number of hydrogen-bond donors (Lipinski definition) is 2. The van der Waals surface area contributed by atoms with Gasteiger partial charge in [0.2, 0.25) is 5.91 Å². The van der Waals surface area contributed by atoms with E-state index in [9.17, 15) is 4.79 Å². The van der Waals surface area contributed by atoms with Crippen LogP contribution in [0.4, 0.5) is 0 Å². The molecule has 3 rings (SSSR count). The number of aromatic amines is 1. The molecule has 2 N–H and O–H groups in total. The number of furan rings is 1. The van der Waals surface area contributed by atoms with Crippen molar-refractivity contribution >= 4 is 51.9 Å². The van der Waals surface area contributed by atoms with Gasteiger partial charge in [-0.15, -0.1) is 0 Å². The predicted molar refractivity (Wildman–Crippen MR) is 92.1 cm³/mol. The summed E-state index contributed by atoms with van der Waals surface area (Å²) >= 11 is 13.4. The van der Waals surface area contributed by atoms with Gasteiger partial charge < -0.3 is 14.7 Å². The number of hydrogen-bond acceptors (Lipinski definition) is 4. The van der Waals surface area contributed by atoms with Crippen molar-refractivity contribution in [2.24, 2.45) is 0 Å². The van der Waals surface area contributed by atoms with Crippen LogP contribution in [0.5, 0.6) is 0 Å². The van der Waals surface area contributed by atoms with Gasteiger partial charge in [0, 0.05) is 5.02 Å². The summed E-state index contributed by atoms with van der Waals surface area (Å²) in [5.41, 5.74) is 1.39. The summed E-state index contributed by atoms with van der Waals surface area (Å²) in [5, 5.41) is 4.49. The highest BCUT2D eigenvalue weighted by Crippen LogP contribution is 2.28. The topological polar surface area (TPSA) is 70.9 Å². The Labute approximate surface area is 146 Å². The molecule has 1 atom stereocenters. The molecule has 8 heteroatoms. The number of carbonyl (C=O) groups excluding carboxylic acids is 1. The van der Waals surface area contributed by atoms with Gasteiger partial charge in [-0.25, -0.2) is 4.98 Å². The quantitative estimate of drug-likeness (QED) is 0.652. The number of H-pyrrole nitrogens is 1. The molecule has 120 valence electrons. The van der Waals surface area contributed by atoms with Crippen LogP contribution in [0.25, 0.3) is 11.0 Å². The summed E-state index contributed by atoms with van der Waals surface area (Å²) < 4.78 is 5.26. The highest BCUT2D eigenvalue weighted by molar-refractivity contribution is 7.99. The minimum absolute atomic E-state index is 0.108. The molecular weight excluding hydrogens is 357 g/mol. The molecule has 0 aliphatic heterocycles. The van der Waals surface area contributed by atoms with Gasteiger partial charge in [-0.1, -0.05) is 35.0 Å². The highest BCUT2D eigenvalue weighted by Gasteiger charge is 2.14. The highest BCUT2D eigenvalue weighted by atomic mass is 35.5. The Morgan fingerprint density at radius 1 is 1.48 bits per heavy atom. The average molecular weight is 370 g/mol. The summed E-state index contributed by atoms with van der Waals surface area (Å²) in [7, 11) is 0. The second kappa shape index (κ2) is 6.86. The largest absolute Gasteiger partial charge is 0.467 e. The zero-order valence-electron chi connectivity index (χ0n) is 12.1. The molecule has 0 fully saturated rings. The van der Waals surface area contributed by atoms with E-state index in [1.54, 1.807) is 24.5 Å². The number of fused-ring (bicyclic) bond motifs is 1. The van der Waals surface area contributed by atoms with Crippen LogP contribution in [-0.4, -0.2) is 21.6 Å². The van der Waals surface area contributed by atoms with Crippen LogP contribution in [0.15, 0.2) is 40.1 Å². The van der Waals surface area contributed by atoms with Crippen molar-refractivity contribution in [1.29, 1.82) is 0 Å². The number of nitrogens with zero attached hydrogens (tertiary/aromatic N) is 1. The fourth-order valence-electron chi connectivity index (χ4n) is 2.11. The number of benzene rings is 1. The lowest BCUT2D eigenvalue weighted by Crippen LogP contribution is -2.27. The van der Waals surface area contributed by atoms with Gasteiger partial charge in [0.25, 0.3) is 0 Å². The van der Waals surface area contributed by atoms with Crippen molar-refractivity contribution in [3.05, 3.63) is 46.3 Å². The summed E-state index contributed by atoms with van der Waals surface area (Å²) in [4.78, 5) is 19.5. The molecule has 1 aromatic carbocycles. The van der Waals surface area contributed by atoms with Crippen molar-refractivity contribution in [2.75, 3.05) is 5.75 Å². The zero-order chi connectivity index (χ0) is 16.4. The van der Waals surface area contributed by atoms with E-state index in [1.807, 2.05) is 13.0 Å². The van der Waals surface area contributed by atoms with Gasteiger partial charge in [0.15, 0.2) is 5.16 Å². The van der Waals surface area contributed by atoms with Crippen molar-refractivity contribution in [3.8, 4) is 0 Å². The lowest BCUT2D eigenvalue weighted by Gasteiger charge is -2.10. The number of amides is 1. The molecule has 0 radical (unpaired) electrons. The minimum atomic E-state index is -0.179. The monoisotopic (exact) mass is 369 g/mol. The number of imidazole rings is 1. The Morgan fingerprint density at radius 3 is 3.04 bits per heavy atom. The second-order valence-corrected chi connectivity index (χ2v) is 6.73. The van der Waals surface area contributed by atoms with Crippen molar-refractivity contribution < 1.29 is 9.21 Å². The van der Waals surface area contributed by atoms with E-state index in [0.29, 0.717) is 26.5 Å². The van der Waals surface area contributed by atoms with Crippen LogP contribution in [0.3, 0.4) is 0 Å². The second-order valence-electron chi connectivity index (χ2n) is 4.92. The van der Waals surface area contributed by atoms with Crippen molar-refractivity contribution in [2.45, 2.75) is 18.1 Å². The first kappa shape index (κ1) is 16.2. The third kappa shape index (κ3) is 3.83. The molecule has 0 spiro atoms. The van der Waals surface area contributed by atoms with E-state index in [-0.39, 0.29) is 17.7 Å². The molecule has 23 heavy (non-hydrogen) atoms. The lowest BCUT2D eigenvalue weighted by atomic mass is 10.2. The maximum absolute atomic E-state index is 12.0. The first-order valence-corrected chi connectivity index (χ1v) is 8.57. The molecule has 0 bridgehead atoms. The molecule has 1 unspecified atom stereocenters. The molecule has 0 aliphatic carbocycles. The van der Waals surface area contributed by atoms with Gasteiger partial charge >= 0.3 is 0 Å². The van der Waals surface area contributed by atoms with Gasteiger partial charge in [-0.2, -0.15) is 0 Å². The van der Waals surface area contributed by atoms with Gasteiger partial charge in [0.05, 0.1) is 28.6 Å². The Kier molecular flexibility index (Phi) is 4.84. The zero-order valence-corrected chi connectivity index (χ0v) is 14.4. The summed E-state index contributed by atoms with van der Waals surface area (Å²) in [6.45, 7) is 1.87. The smallest absolute Gasteiger partial charge is 0.231 e. The van der Waals surface area contributed by atoms with Gasteiger partial charge in [-0.3, -0.25) is 4.79 Å². The van der Waals surface area contributed by atoms with Crippen LogP contribution in [0, 0.1) is 0 Å². The summed E-state index contributed by atoms with van der Waals surface area (Å²) in [6, 6.07) is 6.82. The number of aromatic nitrogens is 2. The normalized spacial score (nSPS) is 12.5. The third-order valence-electron chi connectivity index (χ3n) is 3.17. The van der Waals surface area contributed by atoms with Crippen molar-refractivity contribution in [3.63, 3.8) is 0 Å². The summed E-state index contributed by atoms with van der Waals surface area (Å²) in [5.74, 6) is 0.841. The molecule has 0 aliphatic rings. The third-order valence-corrected chi connectivity index (χ3v) is 4.55. The number of rotatable bonds is 5. The van der Waals surface area contributed by atoms with Crippen LogP contribution in [-0.2, 0) is 4.79 Å².